The van der Waals surface area contributed by atoms with Gasteiger partial charge in [-0.15, -0.1) is 0 Å². The number of fused-ring (bicyclic) bond motifs is 2. The number of hydrazone groups is 1. The molecule has 0 fully saturated rings. The number of amides is 1. The number of rotatable bonds is 2. The Hall–Kier alpha value is -4.44. The molecule has 172 valence electrons. The van der Waals surface area contributed by atoms with Crippen LogP contribution in [0.25, 0.3) is 21.5 Å². The highest BCUT2D eigenvalue weighted by Crippen LogP contribution is 2.40. The van der Waals surface area contributed by atoms with Crippen LogP contribution >= 0.6 is 0 Å². The monoisotopic (exact) mass is 458 g/mol. The largest absolute Gasteiger partial charge is 0.508 e. The van der Waals surface area contributed by atoms with Crippen LogP contribution in [0.2, 0.25) is 0 Å². The molecular weight excluding hydrogens is 432 g/mol. The zero-order valence-corrected chi connectivity index (χ0v) is 19.5. The maximum Gasteiger partial charge on any atom is 0.240 e. The minimum absolute atomic E-state index is 0.0343. The number of benzene rings is 5. The quantitative estimate of drug-likeness (QED) is 0.287. The first-order valence-electron chi connectivity index (χ1n) is 11.7. The van der Waals surface area contributed by atoms with Gasteiger partial charge in [0.15, 0.2) is 0 Å². The van der Waals surface area contributed by atoms with E-state index in [9.17, 15) is 4.79 Å². The lowest BCUT2D eigenvalue weighted by molar-refractivity contribution is -0.130. The van der Waals surface area contributed by atoms with E-state index in [0.29, 0.717) is 12.2 Å². The maximum absolute atomic E-state index is 12.5. The predicted molar refractivity (Wildman–Crippen MR) is 142 cm³/mol. The molecule has 1 amide bonds. The van der Waals surface area contributed by atoms with Crippen LogP contribution in [-0.2, 0) is 4.79 Å². The molecule has 0 unspecified atom stereocenters. The molecule has 4 heteroatoms. The summed E-state index contributed by atoms with van der Waals surface area (Å²) < 4.78 is 0. The fraction of sp³-hybridized carbons (Fsp3) is 0.0968. The van der Waals surface area contributed by atoms with Crippen molar-refractivity contribution in [2.75, 3.05) is 0 Å². The highest BCUT2D eigenvalue weighted by Gasteiger charge is 2.33. The fourth-order valence-corrected chi connectivity index (χ4v) is 4.67. The van der Waals surface area contributed by atoms with Gasteiger partial charge in [0.2, 0.25) is 5.91 Å². The van der Waals surface area contributed by atoms with Gasteiger partial charge in [0, 0.05) is 13.3 Å². The summed E-state index contributed by atoms with van der Waals surface area (Å²) in [6.45, 7) is 1.59. The molecule has 5 aromatic carbocycles. The molecule has 6 rings (SSSR count). The van der Waals surface area contributed by atoms with Crippen LogP contribution in [0.3, 0.4) is 0 Å². The van der Waals surface area contributed by atoms with Gasteiger partial charge in [0.25, 0.3) is 0 Å². The minimum Gasteiger partial charge on any atom is -0.508 e. The third-order valence-electron chi connectivity index (χ3n) is 6.24. The Labute approximate surface area is 204 Å². The first-order valence-corrected chi connectivity index (χ1v) is 11.7. The van der Waals surface area contributed by atoms with Crippen LogP contribution in [0.1, 0.15) is 30.5 Å². The summed E-state index contributed by atoms with van der Waals surface area (Å²) in [5.41, 5.74) is 3.21. The smallest absolute Gasteiger partial charge is 0.240 e. The second-order valence-electron chi connectivity index (χ2n) is 8.56. The molecule has 1 N–H and O–H groups in total. The lowest BCUT2D eigenvalue weighted by Crippen LogP contribution is -2.24. The summed E-state index contributed by atoms with van der Waals surface area (Å²) in [4.78, 5) is 12.5. The molecule has 1 aliphatic rings. The molecule has 0 saturated heterocycles. The van der Waals surface area contributed by atoms with Gasteiger partial charge in [-0.3, -0.25) is 4.79 Å². The zero-order chi connectivity index (χ0) is 24.2. The summed E-state index contributed by atoms with van der Waals surface area (Å²) in [5, 5.41) is 19.8. The molecule has 0 saturated carbocycles. The van der Waals surface area contributed by atoms with Gasteiger partial charge in [0.1, 0.15) is 5.75 Å². The summed E-state index contributed by atoms with van der Waals surface area (Å²) in [7, 11) is 0. The summed E-state index contributed by atoms with van der Waals surface area (Å²) >= 11 is 0. The molecule has 0 aliphatic carbocycles. The number of phenols is 1. The Morgan fingerprint density at radius 1 is 0.771 bits per heavy atom. The molecule has 5 aromatic rings. The molecule has 0 radical (unpaired) electrons. The standard InChI is InChI=1S/C25H20N2O.C6H6O/c1-17(28)27-24(16-23(26-27)18-9-3-2-4-10-18)25-21-13-7-5-11-19(21)15-20-12-6-8-14-22(20)25;7-6-4-2-1-3-5-6/h2-15,24H,16H2,1H3;1-5,7H/t24-;/m0./s1. The minimum atomic E-state index is -0.108. The average Bonchev–Trinajstić information content (AvgIpc) is 3.34. The maximum atomic E-state index is 12.5. The summed E-state index contributed by atoms with van der Waals surface area (Å²) in [6, 6.07) is 37.8. The first kappa shape index (κ1) is 22.4. The Kier molecular flexibility index (Phi) is 6.27. The Morgan fingerprint density at radius 2 is 1.29 bits per heavy atom. The van der Waals surface area contributed by atoms with Crippen molar-refractivity contribution >= 4 is 33.2 Å². The number of aromatic hydroxyl groups is 1. The topological polar surface area (TPSA) is 52.9 Å². The molecule has 4 nitrogen and oxygen atoms in total. The van der Waals surface area contributed by atoms with E-state index in [1.807, 2.05) is 24.3 Å². The normalized spacial score (nSPS) is 14.9. The number of carbonyl (C=O) groups excluding carboxylic acids is 1. The van der Waals surface area contributed by atoms with Crippen LogP contribution in [0.5, 0.6) is 5.75 Å². The fourth-order valence-electron chi connectivity index (χ4n) is 4.67. The van der Waals surface area contributed by atoms with Gasteiger partial charge in [0.05, 0.1) is 11.8 Å². The number of phenolic OH excluding ortho intramolecular Hbond substituents is 1. The van der Waals surface area contributed by atoms with Gasteiger partial charge in [-0.05, 0) is 50.9 Å². The van der Waals surface area contributed by atoms with Crippen LogP contribution in [0.15, 0.2) is 120 Å². The number of hydrogen-bond donors (Lipinski definition) is 1. The zero-order valence-electron chi connectivity index (χ0n) is 19.5. The molecule has 1 aliphatic heterocycles. The van der Waals surface area contributed by atoms with Gasteiger partial charge in [-0.1, -0.05) is 97.1 Å². The number of para-hydroxylation sites is 1. The molecule has 0 bridgehead atoms. The van der Waals surface area contributed by atoms with Crippen molar-refractivity contribution in [1.29, 1.82) is 0 Å². The van der Waals surface area contributed by atoms with Gasteiger partial charge < -0.3 is 5.11 Å². The molecule has 35 heavy (non-hydrogen) atoms. The van der Waals surface area contributed by atoms with E-state index >= 15 is 0 Å². The van der Waals surface area contributed by atoms with Crippen molar-refractivity contribution in [1.82, 2.24) is 5.01 Å². The highest BCUT2D eigenvalue weighted by molar-refractivity contribution is 6.07. The lowest BCUT2D eigenvalue weighted by Gasteiger charge is -2.24. The Balaban J connectivity index is 0.000000313. The van der Waals surface area contributed by atoms with Gasteiger partial charge in [-0.25, -0.2) is 5.01 Å². The molecule has 0 spiro atoms. The van der Waals surface area contributed by atoms with Crippen LogP contribution in [0, 0.1) is 0 Å². The third kappa shape index (κ3) is 4.64. The van der Waals surface area contributed by atoms with E-state index in [1.54, 1.807) is 36.2 Å². The number of carbonyl (C=O) groups is 1. The molecular formula is C31H26N2O2. The van der Waals surface area contributed by atoms with Crippen LogP contribution in [-0.4, -0.2) is 21.7 Å². The van der Waals surface area contributed by atoms with E-state index < -0.39 is 0 Å². The van der Waals surface area contributed by atoms with Crippen molar-refractivity contribution < 1.29 is 9.90 Å². The number of nitrogens with zero attached hydrogens (tertiary/aromatic N) is 2. The van der Waals surface area contributed by atoms with Gasteiger partial charge >= 0.3 is 0 Å². The Bertz CT molecular complexity index is 1460. The van der Waals surface area contributed by atoms with E-state index in [4.69, 9.17) is 10.2 Å². The second kappa shape index (κ2) is 9.82. The second-order valence-corrected chi connectivity index (χ2v) is 8.56. The van der Waals surface area contributed by atoms with Gasteiger partial charge in [-0.2, -0.15) is 5.10 Å². The van der Waals surface area contributed by atoms with E-state index in [-0.39, 0.29) is 11.9 Å². The van der Waals surface area contributed by atoms with Crippen molar-refractivity contribution in [3.05, 3.63) is 126 Å². The van der Waals surface area contributed by atoms with Crippen molar-refractivity contribution in [3.63, 3.8) is 0 Å². The first-order chi connectivity index (χ1) is 17.1. The van der Waals surface area contributed by atoms with E-state index in [1.165, 1.54) is 27.1 Å². The van der Waals surface area contributed by atoms with Crippen molar-refractivity contribution in [2.45, 2.75) is 19.4 Å². The number of hydrogen-bond acceptors (Lipinski definition) is 3. The Morgan fingerprint density at radius 3 is 1.80 bits per heavy atom. The van der Waals surface area contributed by atoms with Crippen molar-refractivity contribution in [2.24, 2.45) is 5.10 Å². The summed E-state index contributed by atoms with van der Waals surface area (Å²) in [6.07, 6.45) is 0.710. The SMILES string of the molecule is CC(=O)N1N=C(c2ccccc2)C[C@H]1c1c2ccccc2cc2ccccc12.Oc1ccccc1. The average molecular weight is 459 g/mol. The third-order valence-corrected chi connectivity index (χ3v) is 6.24. The molecule has 1 atom stereocenters. The van der Waals surface area contributed by atoms with Crippen LogP contribution < -0.4 is 0 Å². The lowest BCUT2D eigenvalue weighted by atomic mass is 9.89. The molecule has 1 heterocycles. The molecule has 0 aromatic heterocycles. The predicted octanol–water partition coefficient (Wildman–Crippen LogP) is 7.08. The van der Waals surface area contributed by atoms with E-state index in [0.717, 1.165) is 11.3 Å². The highest BCUT2D eigenvalue weighted by atomic mass is 16.3. The van der Waals surface area contributed by atoms with Crippen LogP contribution in [0.4, 0.5) is 0 Å². The van der Waals surface area contributed by atoms with E-state index in [2.05, 4.69) is 66.7 Å². The summed E-state index contributed by atoms with van der Waals surface area (Å²) in [5.74, 6) is 0.287. The van der Waals surface area contributed by atoms with Crippen molar-refractivity contribution in [3.8, 4) is 5.75 Å².